The second-order valence-electron chi connectivity index (χ2n) is 6.69. The summed E-state index contributed by atoms with van der Waals surface area (Å²) < 4.78 is 10.0. The Balaban J connectivity index is 2.10. The van der Waals surface area contributed by atoms with E-state index in [9.17, 15) is 9.59 Å². The SMILES string of the molecule is CCOC(=O)[C@@H]1C[C@H]2C[C@@H](N(C)CC#N)CC[C@H]2CN1C(=O)OC. The Morgan fingerprint density at radius 1 is 1.29 bits per heavy atom. The summed E-state index contributed by atoms with van der Waals surface area (Å²) in [6.07, 6.45) is 3.10. The number of methoxy groups -OCH3 is 1. The van der Waals surface area contributed by atoms with Crippen LogP contribution >= 0.6 is 0 Å². The van der Waals surface area contributed by atoms with Crippen LogP contribution in [0, 0.1) is 23.2 Å². The first-order chi connectivity index (χ1) is 11.5. The van der Waals surface area contributed by atoms with Crippen LogP contribution in [0.1, 0.15) is 32.6 Å². The molecule has 1 heterocycles. The lowest BCUT2D eigenvalue weighted by molar-refractivity contribution is -0.152. The topological polar surface area (TPSA) is 82.9 Å². The smallest absolute Gasteiger partial charge is 0.410 e. The monoisotopic (exact) mass is 337 g/mol. The molecule has 1 aliphatic heterocycles. The third-order valence-corrected chi connectivity index (χ3v) is 5.36. The molecule has 0 bridgehead atoms. The fraction of sp³-hybridized carbons (Fsp3) is 0.824. The van der Waals surface area contributed by atoms with Gasteiger partial charge >= 0.3 is 12.1 Å². The van der Waals surface area contributed by atoms with Crippen molar-refractivity contribution in [2.24, 2.45) is 11.8 Å². The van der Waals surface area contributed by atoms with Gasteiger partial charge in [-0.3, -0.25) is 9.80 Å². The van der Waals surface area contributed by atoms with E-state index in [0.29, 0.717) is 44.0 Å². The minimum absolute atomic E-state index is 0.298. The summed E-state index contributed by atoms with van der Waals surface area (Å²) in [5.41, 5.74) is 0. The molecule has 7 nitrogen and oxygen atoms in total. The van der Waals surface area contributed by atoms with E-state index in [2.05, 4.69) is 11.0 Å². The zero-order valence-corrected chi connectivity index (χ0v) is 14.7. The first-order valence-corrected chi connectivity index (χ1v) is 8.60. The summed E-state index contributed by atoms with van der Waals surface area (Å²) in [4.78, 5) is 28.0. The Bertz CT molecular complexity index is 505. The predicted octanol–water partition coefficient (Wildman–Crippen LogP) is 1.63. The highest BCUT2D eigenvalue weighted by Crippen LogP contribution is 2.40. The van der Waals surface area contributed by atoms with E-state index >= 15 is 0 Å². The Hall–Kier alpha value is -1.81. The molecule has 0 radical (unpaired) electrons. The molecule has 2 fully saturated rings. The molecule has 0 aromatic heterocycles. The molecule has 0 N–H and O–H groups in total. The number of nitriles is 1. The largest absolute Gasteiger partial charge is 0.464 e. The number of rotatable bonds is 4. The van der Waals surface area contributed by atoms with Gasteiger partial charge in [0, 0.05) is 12.6 Å². The van der Waals surface area contributed by atoms with Crippen molar-refractivity contribution in [2.45, 2.75) is 44.7 Å². The number of amides is 1. The van der Waals surface area contributed by atoms with Crippen molar-refractivity contribution in [3.8, 4) is 6.07 Å². The molecule has 1 saturated carbocycles. The van der Waals surface area contributed by atoms with Gasteiger partial charge in [0.15, 0.2) is 0 Å². The number of ether oxygens (including phenoxy) is 2. The molecule has 4 atom stereocenters. The molecule has 2 aliphatic rings. The minimum Gasteiger partial charge on any atom is -0.464 e. The highest BCUT2D eigenvalue weighted by molar-refractivity contribution is 5.81. The van der Waals surface area contributed by atoms with Crippen LogP contribution in [0.2, 0.25) is 0 Å². The lowest BCUT2D eigenvalue weighted by Crippen LogP contribution is -2.56. The number of hydrogen-bond donors (Lipinski definition) is 0. The normalized spacial score (nSPS) is 29.5. The minimum atomic E-state index is -0.571. The summed E-state index contributed by atoms with van der Waals surface area (Å²) in [6.45, 7) is 3.01. The van der Waals surface area contributed by atoms with Gasteiger partial charge in [-0.2, -0.15) is 5.26 Å². The molecule has 0 spiro atoms. The van der Waals surface area contributed by atoms with Crippen LogP contribution in [0.3, 0.4) is 0 Å². The number of carbonyl (C=O) groups excluding carboxylic acids is 2. The van der Waals surface area contributed by atoms with Crippen molar-refractivity contribution in [3.05, 3.63) is 0 Å². The van der Waals surface area contributed by atoms with Gasteiger partial charge in [0.2, 0.25) is 0 Å². The number of hydrogen-bond acceptors (Lipinski definition) is 6. The number of piperidine rings is 1. The average molecular weight is 337 g/mol. The highest BCUT2D eigenvalue weighted by Gasteiger charge is 2.45. The van der Waals surface area contributed by atoms with Crippen LogP contribution < -0.4 is 0 Å². The van der Waals surface area contributed by atoms with Crippen LogP contribution in [-0.2, 0) is 14.3 Å². The Kier molecular flexibility index (Phi) is 6.44. The molecule has 1 aliphatic carbocycles. The molecule has 2 rings (SSSR count). The summed E-state index contributed by atoms with van der Waals surface area (Å²) in [5.74, 6) is 0.385. The van der Waals surface area contributed by atoms with E-state index in [1.54, 1.807) is 6.92 Å². The van der Waals surface area contributed by atoms with Gasteiger partial charge in [0.25, 0.3) is 0 Å². The number of esters is 1. The maximum atomic E-state index is 12.3. The quantitative estimate of drug-likeness (QED) is 0.573. The summed E-state index contributed by atoms with van der Waals surface area (Å²) in [7, 11) is 3.31. The number of nitrogens with zero attached hydrogens (tertiary/aromatic N) is 3. The standard InChI is InChI=1S/C17H27N3O4/c1-4-24-16(21)15-10-13-9-14(19(2)8-7-18)6-5-12(13)11-20(15)17(22)23-3/h12-15H,4-6,8-11H2,1-3H3/t12-,13+,14-,15-/m0/s1. The van der Waals surface area contributed by atoms with Gasteiger partial charge < -0.3 is 9.47 Å². The van der Waals surface area contributed by atoms with Gasteiger partial charge in [0.05, 0.1) is 26.3 Å². The molecule has 134 valence electrons. The van der Waals surface area contributed by atoms with Gasteiger partial charge in [0.1, 0.15) is 6.04 Å². The molecule has 1 amide bonds. The zero-order valence-electron chi connectivity index (χ0n) is 14.7. The summed E-state index contributed by atoms with van der Waals surface area (Å²) in [6, 6.07) is 1.98. The van der Waals surface area contributed by atoms with Gasteiger partial charge in [-0.25, -0.2) is 9.59 Å². The Labute approximate surface area is 143 Å². The van der Waals surface area contributed by atoms with Crippen LogP contribution in [0.5, 0.6) is 0 Å². The lowest BCUT2D eigenvalue weighted by atomic mass is 9.71. The van der Waals surface area contributed by atoms with E-state index in [1.165, 1.54) is 12.0 Å². The second-order valence-corrected chi connectivity index (χ2v) is 6.69. The maximum Gasteiger partial charge on any atom is 0.410 e. The average Bonchev–Trinajstić information content (AvgIpc) is 2.59. The molecule has 0 aromatic carbocycles. The first kappa shape index (κ1) is 18.5. The first-order valence-electron chi connectivity index (χ1n) is 8.60. The van der Waals surface area contributed by atoms with Gasteiger partial charge in [-0.05, 0) is 51.5 Å². The molecule has 7 heteroatoms. The number of carbonyl (C=O) groups is 2. The van der Waals surface area contributed by atoms with E-state index in [0.717, 1.165) is 19.3 Å². The van der Waals surface area contributed by atoms with Crippen molar-refractivity contribution in [1.29, 1.82) is 5.26 Å². The third kappa shape index (κ3) is 3.99. The van der Waals surface area contributed by atoms with Crippen LogP contribution in [-0.4, -0.2) is 67.8 Å². The van der Waals surface area contributed by atoms with Gasteiger partial charge in [-0.15, -0.1) is 0 Å². The molecular formula is C17H27N3O4. The molecule has 1 saturated heterocycles. The summed E-state index contributed by atoms with van der Waals surface area (Å²) in [5, 5.41) is 8.89. The van der Waals surface area contributed by atoms with Crippen molar-refractivity contribution in [1.82, 2.24) is 9.80 Å². The zero-order chi connectivity index (χ0) is 17.7. The van der Waals surface area contributed by atoms with E-state index < -0.39 is 12.1 Å². The van der Waals surface area contributed by atoms with Crippen molar-refractivity contribution in [3.63, 3.8) is 0 Å². The fourth-order valence-electron chi connectivity index (χ4n) is 4.05. The third-order valence-electron chi connectivity index (χ3n) is 5.36. The predicted molar refractivity (Wildman–Crippen MR) is 87.0 cm³/mol. The number of likely N-dealkylation sites (tertiary alicyclic amines) is 1. The van der Waals surface area contributed by atoms with Crippen LogP contribution in [0.15, 0.2) is 0 Å². The molecular weight excluding hydrogens is 310 g/mol. The summed E-state index contributed by atoms with van der Waals surface area (Å²) >= 11 is 0. The second kappa shape index (κ2) is 8.34. The van der Waals surface area contributed by atoms with E-state index in [4.69, 9.17) is 14.7 Å². The fourth-order valence-corrected chi connectivity index (χ4v) is 4.05. The van der Waals surface area contributed by atoms with Crippen molar-refractivity contribution in [2.75, 3.05) is 33.9 Å². The molecule has 24 heavy (non-hydrogen) atoms. The highest BCUT2D eigenvalue weighted by atomic mass is 16.6. The van der Waals surface area contributed by atoms with Gasteiger partial charge in [-0.1, -0.05) is 0 Å². The molecule has 0 unspecified atom stereocenters. The van der Waals surface area contributed by atoms with E-state index in [1.807, 2.05) is 7.05 Å². The molecule has 0 aromatic rings. The van der Waals surface area contributed by atoms with Crippen molar-refractivity contribution >= 4 is 12.1 Å². The van der Waals surface area contributed by atoms with Crippen molar-refractivity contribution < 1.29 is 19.1 Å². The Morgan fingerprint density at radius 3 is 2.67 bits per heavy atom. The van der Waals surface area contributed by atoms with Crippen LogP contribution in [0.25, 0.3) is 0 Å². The number of fused-ring (bicyclic) bond motifs is 1. The Morgan fingerprint density at radius 2 is 2.04 bits per heavy atom. The van der Waals surface area contributed by atoms with E-state index in [-0.39, 0.29) is 5.97 Å². The lowest BCUT2D eigenvalue weighted by Gasteiger charge is -2.47. The maximum absolute atomic E-state index is 12.3. The van der Waals surface area contributed by atoms with Crippen LogP contribution in [0.4, 0.5) is 4.79 Å².